The maximum Gasteiger partial charge on any atom is 0.255 e. The van der Waals surface area contributed by atoms with Gasteiger partial charge >= 0.3 is 0 Å². The summed E-state index contributed by atoms with van der Waals surface area (Å²) in [5.41, 5.74) is 1.75. The van der Waals surface area contributed by atoms with Gasteiger partial charge in [0.05, 0.1) is 5.75 Å². The largest absolute Gasteiger partial charge is 0.322 e. The Hall–Kier alpha value is -3.04. The van der Waals surface area contributed by atoms with E-state index in [9.17, 15) is 14.4 Å². The molecule has 1 aliphatic rings. The van der Waals surface area contributed by atoms with Crippen LogP contribution in [0.4, 0.5) is 10.8 Å². The number of ketones is 1. The molecule has 0 aliphatic heterocycles. The predicted molar refractivity (Wildman–Crippen MR) is 127 cm³/mol. The molecule has 2 amide bonds. The number of hydrogen-bond donors (Lipinski definition) is 1. The number of aromatic nitrogens is 2. The van der Waals surface area contributed by atoms with Gasteiger partial charge in [0.1, 0.15) is 0 Å². The number of benzene rings is 2. The van der Waals surface area contributed by atoms with Gasteiger partial charge in [0.15, 0.2) is 10.1 Å². The maximum atomic E-state index is 12.6. The van der Waals surface area contributed by atoms with E-state index in [2.05, 4.69) is 15.5 Å². The lowest BCUT2D eigenvalue weighted by molar-refractivity contribution is -0.118. The number of anilines is 2. The van der Waals surface area contributed by atoms with E-state index in [0.29, 0.717) is 32.7 Å². The number of hydrogen-bond acceptors (Lipinski definition) is 7. The fourth-order valence-corrected chi connectivity index (χ4v) is 4.90. The molecule has 0 spiro atoms. The molecule has 2 aromatic carbocycles. The summed E-state index contributed by atoms with van der Waals surface area (Å²) in [5, 5.41) is 11.7. The van der Waals surface area contributed by atoms with E-state index in [-0.39, 0.29) is 29.4 Å². The molecule has 4 rings (SSSR count). The van der Waals surface area contributed by atoms with Crippen LogP contribution in [0.25, 0.3) is 0 Å². The Balaban J connectivity index is 1.32. The topological polar surface area (TPSA) is 92.3 Å². The third kappa shape index (κ3) is 5.41. The van der Waals surface area contributed by atoms with Gasteiger partial charge in [0, 0.05) is 29.3 Å². The Morgan fingerprint density at radius 2 is 1.75 bits per heavy atom. The highest BCUT2D eigenvalue weighted by atomic mass is 32.2. The molecule has 164 valence electrons. The van der Waals surface area contributed by atoms with E-state index in [4.69, 9.17) is 0 Å². The molecule has 0 bridgehead atoms. The second-order valence-corrected chi connectivity index (χ2v) is 9.49. The average molecular weight is 467 g/mol. The van der Waals surface area contributed by atoms with Gasteiger partial charge in [-0.2, -0.15) is 0 Å². The third-order valence-corrected chi connectivity index (χ3v) is 6.97. The minimum absolute atomic E-state index is 0.0450. The van der Waals surface area contributed by atoms with Crippen LogP contribution in [0.1, 0.15) is 46.9 Å². The number of carbonyl (C=O) groups is 3. The van der Waals surface area contributed by atoms with Crippen LogP contribution in [0.15, 0.2) is 58.9 Å². The van der Waals surface area contributed by atoms with Crippen LogP contribution >= 0.6 is 23.1 Å². The first-order valence-corrected chi connectivity index (χ1v) is 12.1. The summed E-state index contributed by atoms with van der Waals surface area (Å²) in [7, 11) is 0. The van der Waals surface area contributed by atoms with Crippen molar-refractivity contribution >= 4 is 51.5 Å². The number of nitrogens with one attached hydrogen (secondary N) is 1. The lowest BCUT2D eigenvalue weighted by Crippen LogP contribution is -2.32. The summed E-state index contributed by atoms with van der Waals surface area (Å²) in [6.07, 6.45) is 2.42. The Bertz CT molecular complexity index is 1110. The molecule has 0 saturated heterocycles. The molecule has 7 nitrogen and oxygen atoms in total. The van der Waals surface area contributed by atoms with Gasteiger partial charge < -0.3 is 5.32 Å². The van der Waals surface area contributed by atoms with Crippen molar-refractivity contribution in [1.82, 2.24) is 10.2 Å². The Morgan fingerprint density at radius 3 is 2.41 bits per heavy atom. The molecule has 0 unspecified atom stereocenters. The summed E-state index contributed by atoms with van der Waals surface area (Å²) in [5.74, 6) is 0.0244. The summed E-state index contributed by atoms with van der Waals surface area (Å²) in [4.78, 5) is 38.8. The number of Topliss-reactive ketones (excluding diaryl/α,β-unsaturated/α-hetero) is 1. The zero-order valence-electron chi connectivity index (χ0n) is 17.5. The molecule has 1 heterocycles. The Kier molecular flexibility index (Phi) is 6.96. The van der Waals surface area contributed by atoms with Crippen LogP contribution in [0, 0.1) is 0 Å². The molecule has 1 saturated carbocycles. The van der Waals surface area contributed by atoms with Crippen molar-refractivity contribution in [1.29, 1.82) is 0 Å². The van der Waals surface area contributed by atoms with E-state index in [0.717, 1.165) is 12.8 Å². The maximum absolute atomic E-state index is 12.6. The van der Waals surface area contributed by atoms with E-state index < -0.39 is 0 Å². The van der Waals surface area contributed by atoms with Crippen molar-refractivity contribution < 1.29 is 14.4 Å². The number of carbonyl (C=O) groups excluding carboxylic acids is 3. The highest BCUT2D eigenvalue weighted by molar-refractivity contribution is 8.01. The van der Waals surface area contributed by atoms with Crippen LogP contribution in [0.2, 0.25) is 0 Å². The fourth-order valence-electron chi connectivity index (χ4n) is 3.07. The van der Waals surface area contributed by atoms with Crippen LogP contribution < -0.4 is 10.2 Å². The van der Waals surface area contributed by atoms with Gasteiger partial charge in [-0.15, -0.1) is 10.2 Å². The molecular weight excluding hydrogens is 444 g/mol. The molecule has 1 N–H and O–H groups in total. The van der Waals surface area contributed by atoms with Crippen molar-refractivity contribution in [2.45, 2.75) is 36.6 Å². The fraction of sp³-hybridized carbons (Fsp3) is 0.261. The van der Waals surface area contributed by atoms with Gasteiger partial charge in [0.25, 0.3) is 5.91 Å². The second-order valence-electron chi connectivity index (χ2n) is 7.31. The first kappa shape index (κ1) is 22.2. The Labute approximate surface area is 194 Å². The summed E-state index contributed by atoms with van der Waals surface area (Å²) in [6, 6.07) is 16.0. The highest BCUT2D eigenvalue weighted by Crippen LogP contribution is 2.36. The molecule has 0 atom stereocenters. The predicted octanol–water partition coefficient (Wildman–Crippen LogP) is 4.67. The zero-order valence-corrected chi connectivity index (χ0v) is 19.1. The van der Waals surface area contributed by atoms with Crippen LogP contribution in [0.3, 0.4) is 0 Å². The molecule has 32 heavy (non-hydrogen) atoms. The molecule has 1 fully saturated rings. The molecule has 9 heteroatoms. The van der Waals surface area contributed by atoms with Crippen molar-refractivity contribution in [2.24, 2.45) is 0 Å². The number of rotatable bonds is 9. The molecular formula is C23H22N4O3S2. The van der Waals surface area contributed by atoms with Gasteiger partial charge in [-0.1, -0.05) is 48.2 Å². The second kappa shape index (κ2) is 10.1. The Morgan fingerprint density at radius 1 is 1.03 bits per heavy atom. The minimum Gasteiger partial charge on any atom is -0.322 e. The smallest absolute Gasteiger partial charge is 0.255 e. The van der Waals surface area contributed by atoms with Gasteiger partial charge in [-0.25, -0.2) is 0 Å². The SMILES string of the molecule is CCC(=O)N(c1nnc(SCC(=O)c2ccc(NC(=O)c3ccccc3)cc2)s1)C1CC1. The van der Waals surface area contributed by atoms with E-state index in [1.165, 1.54) is 23.1 Å². The lowest BCUT2D eigenvalue weighted by Gasteiger charge is -2.17. The molecule has 0 radical (unpaired) electrons. The van der Waals surface area contributed by atoms with Crippen LogP contribution in [-0.4, -0.2) is 39.6 Å². The van der Waals surface area contributed by atoms with Crippen molar-refractivity contribution in [3.05, 3.63) is 65.7 Å². The van der Waals surface area contributed by atoms with Gasteiger partial charge in [-0.3, -0.25) is 19.3 Å². The van der Waals surface area contributed by atoms with Crippen molar-refractivity contribution in [3.63, 3.8) is 0 Å². The monoisotopic (exact) mass is 466 g/mol. The average Bonchev–Trinajstić information content (AvgIpc) is 3.55. The number of nitrogens with zero attached hydrogens (tertiary/aromatic N) is 3. The standard InChI is InChI=1S/C23H22N4O3S2/c1-2-20(29)27(18-12-13-18)22-25-26-23(32-22)31-14-19(28)15-8-10-17(11-9-15)24-21(30)16-6-4-3-5-7-16/h3-11,18H,2,12-14H2,1H3,(H,24,30). The number of thioether (sulfide) groups is 1. The molecule has 3 aromatic rings. The third-order valence-electron chi connectivity index (χ3n) is 4.91. The quantitative estimate of drug-likeness (QED) is 0.280. The summed E-state index contributed by atoms with van der Waals surface area (Å²) < 4.78 is 0.662. The van der Waals surface area contributed by atoms with Crippen LogP contribution in [0.5, 0.6) is 0 Å². The lowest BCUT2D eigenvalue weighted by atomic mass is 10.1. The van der Waals surface area contributed by atoms with Gasteiger partial charge in [-0.05, 0) is 49.2 Å². The zero-order chi connectivity index (χ0) is 22.5. The van der Waals surface area contributed by atoms with E-state index >= 15 is 0 Å². The molecule has 1 aliphatic carbocycles. The summed E-state index contributed by atoms with van der Waals surface area (Å²) in [6.45, 7) is 1.84. The minimum atomic E-state index is -0.200. The first-order chi connectivity index (χ1) is 15.5. The van der Waals surface area contributed by atoms with Gasteiger partial charge in [0.2, 0.25) is 11.0 Å². The summed E-state index contributed by atoms with van der Waals surface area (Å²) >= 11 is 2.66. The van der Waals surface area contributed by atoms with Crippen LogP contribution in [-0.2, 0) is 4.79 Å². The normalized spacial score (nSPS) is 12.9. The molecule has 1 aromatic heterocycles. The first-order valence-electron chi connectivity index (χ1n) is 10.3. The van der Waals surface area contributed by atoms with E-state index in [1.807, 2.05) is 13.0 Å². The number of amides is 2. The highest BCUT2D eigenvalue weighted by Gasteiger charge is 2.35. The van der Waals surface area contributed by atoms with Crippen molar-refractivity contribution in [3.8, 4) is 0 Å². The van der Waals surface area contributed by atoms with E-state index in [1.54, 1.807) is 53.4 Å². The van der Waals surface area contributed by atoms with Crippen molar-refractivity contribution in [2.75, 3.05) is 16.0 Å².